The molecule has 4 nitrogen and oxygen atoms in total. The number of esters is 1. The van der Waals surface area contributed by atoms with Crippen molar-refractivity contribution in [2.45, 2.75) is 18.5 Å². The molecule has 126 valence electrons. The van der Waals surface area contributed by atoms with Crippen molar-refractivity contribution < 1.29 is 14.6 Å². The summed E-state index contributed by atoms with van der Waals surface area (Å²) in [6.45, 7) is -0.106. The van der Waals surface area contributed by atoms with Crippen LogP contribution in [0.2, 0.25) is 0 Å². The zero-order valence-electron chi connectivity index (χ0n) is 13.8. The molecular formula is C20H23NO3. The molecule has 0 bridgehead atoms. The SMILES string of the molecule is COC(=O)[C@H](Cc1ccccc1)N[C@@H](/C=C/c1ccccc1)CO. The molecule has 2 rings (SSSR count). The van der Waals surface area contributed by atoms with E-state index in [1.165, 1.54) is 7.11 Å². The lowest BCUT2D eigenvalue weighted by molar-refractivity contribution is -0.143. The van der Waals surface area contributed by atoms with Crippen LogP contribution in [0.25, 0.3) is 6.08 Å². The predicted octanol–water partition coefficient (Wildman–Crippen LogP) is 2.43. The maximum atomic E-state index is 12.1. The molecule has 0 unspecified atom stereocenters. The van der Waals surface area contributed by atoms with Crippen LogP contribution in [0.1, 0.15) is 11.1 Å². The molecule has 0 fully saturated rings. The minimum atomic E-state index is -0.519. The first-order chi connectivity index (χ1) is 11.7. The van der Waals surface area contributed by atoms with Crippen molar-refractivity contribution in [1.29, 1.82) is 0 Å². The number of carbonyl (C=O) groups is 1. The maximum Gasteiger partial charge on any atom is 0.323 e. The van der Waals surface area contributed by atoms with Gasteiger partial charge in [-0.25, -0.2) is 0 Å². The number of aliphatic hydroxyl groups is 1. The lowest BCUT2D eigenvalue weighted by Crippen LogP contribution is -2.46. The van der Waals surface area contributed by atoms with Crippen molar-refractivity contribution in [3.63, 3.8) is 0 Å². The van der Waals surface area contributed by atoms with Gasteiger partial charge in [-0.2, -0.15) is 0 Å². The Hall–Kier alpha value is -2.43. The molecule has 0 aromatic heterocycles. The van der Waals surface area contributed by atoms with Gasteiger partial charge in [-0.05, 0) is 17.5 Å². The first-order valence-electron chi connectivity index (χ1n) is 7.95. The van der Waals surface area contributed by atoms with Crippen molar-refractivity contribution in [2.75, 3.05) is 13.7 Å². The Balaban J connectivity index is 2.05. The third-order valence-corrected chi connectivity index (χ3v) is 3.70. The first-order valence-corrected chi connectivity index (χ1v) is 7.95. The van der Waals surface area contributed by atoms with E-state index in [1.807, 2.05) is 72.8 Å². The molecule has 2 N–H and O–H groups in total. The highest BCUT2D eigenvalue weighted by molar-refractivity contribution is 5.76. The molecule has 0 radical (unpaired) electrons. The van der Waals surface area contributed by atoms with Crippen LogP contribution in [-0.2, 0) is 16.0 Å². The number of benzene rings is 2. The summed E-state index contributed by atoms with van der Waals surface area (Å²) in [5.74, 6) is -0.342. The van der Waals surface area contributed by atoms with Crippen LogP contribution >= 0.6 is 0 Å². The summed E-state index contributed by atoms with van der Waals surface area (Å²) < 4.78 is 4.89. The quantitative estimate of drug-likeness (QED) is 0.732. The van der Waals surface area contributed by atoms with E-state index in [0.29, 0.717) is 6.42 Å². The molecule has 0 saturated carbocycles. The van der Waals surface area contributed by atoms with Crippen molar-refractivity contribution >= 4 is 12.0 Å². The molecule has 0 aliphatic heterocycles. The van der Waals surface area contributed by atoms with Gasteiger partial charge >= 0.3 is 5.97 Å². The Morgan fingerprint density at radius 2 is 1.75 bits per heavy atom. The summed E-state index contributed by atoms with van der Waals surface area (Å²) >= 11 is 0. The van der Waals surface area contributed by atoms with Crippen LogP contribution in [0, 0.1) is 0 Å². The second-order valence-electron chi connectivity index (χ2n) is 5.49. The van der Waals surface area contributed by atoms with Gasteiger partial charge in [0.15, 0.2) is 0 Å². The molecule has 4 heteroatoms. The fourth-order valence-corrected chi connectivity index (χ4v) is 2.42. The minimum absolute atomic E-state index is 0.106. The summed E-state index contributed by atoms with van der Waals surface area (Å²) in [4.78, 5) is 12.1. The molecule has 0 amide bonds. The van der Waals surface area contributed by atoms with E-state index in [2.05, 4.69) is 5.32 Å². The van der Waals surface area contributed by atoms with Gasteiger partial charge in [0.25, 0.3) is 0 Å². The number of ether oxygens (including phenoxy) is 1. The van der Waals surface area contributed by atoms with E-state index < -0.39 is 6.04 Å². The molecule has 0 aliphatic rings. The van der Waals surface area contributed by atoms with Crippen LogP contribution in [-0.4, -0.2) is 36.9 Å². The maximum absolute atomic E-state index is 12.1. The van der Waals surface area contributed by atoms with Gasteiger partial charge in [-0.1, -0.05) is 72.8 Å². The monoisotopic (exact) mass is 325 g/mol. The number of methoxy groups -OCH3 is 1. The van der Waals surface area contributed by atoms with Crippen molar-refractivity contribution in [3.05, 3.63) is 77.9 Å². The number of hydrogen-bond donors (Lipinski definition) is 2. The van der Waals surface area contributed by atoms with Crippen molar-refractivity contribution in [3.8, 4) is 0 Å². The standard InChI is InChI=1S/C20H23NO3/c1-24-20(23)19(14-17-10-6-3-7-11-17)21-18(15-22)13-12-16-8-4-2-5-9-16/h2-13,18-19,21-22H,14-15H2,1H3/b13-12+/t18-,19-/m0/s1. The Morgan fingerprint density at radius 3 is 2.33 bits per heavy atom. The Morgan fingerprint density at radius 1 is 1.12 bits per heavy atom. The second kappa shape index (κ2) is 9.65. The van der Waals surface area contributed by atoms with E-state index in [0.717, 1.165) is 11.1 Å². The Labute approximate surface area is 142 Å². The molecule has 0 saturated heterocycles. The van der Waals surface area contributed by atoms with Crippen LogP contribution in [0.15, 0.2) is 66.7 Å². The van der Waals surface area contributed by atoms with Crippen LogP contribution < -0.4 is 5.32 Å². The van der Waals surface area contributed by atoms with Gasteiger partial charge in [-0.15, -0.1) is 0 Å². The summed E-state index contributed by atoms with van der Waals surface area (Å²) in [6.07, 6.45) is 4.28. The zero-order chi connectivity index (χ0) is 17.2. The lowest BCUT2D eigenvalue weighted by atomic mass is 10.0. The molecule has 2 aromatic rings. The average molecular weight is 325 g/mol. The molecular weight excluding hydrogens is 302 g/mol. The number of hydrogen-bond acceptors (Lipinski definition) is 4. The van der Waals surface area contributed by atoms with E-state index in [-0.39, 0.29) is 18.6 Å². The summed E-state index contributed by atoms with van der Waals surface area (Å²) in [5, 5.41) is 12.8. The third-order valence-electron chi connectivity index (χ3n) is 3.70. The fourth-order valence-electron chi connectivity index (χ4n) is 2.42. The number of rotatable bonds is 8. The molecule has 2 aromatic carbocycles. The minimum Gasteiger partial charge on any atom is -0.468 e. The topological polar surface area (TPSA) is 58.6 Å². The van der Waals surface area contributed by atoms with Gasteiger partial charge in [0.1, 0.15) is 6.04 Å². The van der Waals surface area contributed by atoms with Crippen LogP contribution in [0.3, 0.4) is 0 Å². The third kappa shape index (κ3) is 5.65. The van der Waals surface area contributed by atoms with Crippen LogP contribution in [0.5, 0.6) is 0 Å². The molecule has 0 heterocycles. The smallest absolute Gasteiger partial charge is 0.323 e. The lowest BCUT2D eigenvalue weighted by Gasteiger charge is -2.21. The van der Waals surface area contributed by atoms with Crippen molar-refractivity contribution in [1.82, 2.24) is 5.32 Å². The largest absolute Gasteiger partial charge is 0.468 e. The Bertz CT molecular complexity index is 640. The zero-order valence-corrected chi connectivity index (χ0v) is 13.8. The highest BCUT2D eigenvalue weighted by Crippen LogP contribution is 2.07. The predicted molar refractivity (Wildman–Crippen MR) is 95.4 cm³/mol. The van der Waals surface area contributed by atoms with Gasteiger partial charge in [0.2, 0.25) is 0 Å². The highest BCUT2D eigenvalue weighted by atomic mass is 16.5. The Kier molecular flexibility index (Phi) is 7.21. The van der Waals surface area contributed by atoms with Crippen LogP contribution in [0.4, 0.5) is 0 Å². The van der Waals surface area contributed by atoms with Gasteiger partial charge in [-0.3, -0.25) is 10.1 Å². The normalized spacial score (nSPS) is 13.6. The molecule has 2 atom stereocenters. The fraction of sp³-hybridized carbons (Fsp3) is 0.250. The molecule has 24 heavy (non-hydrogen) atoms. The highest BCUT2D eigenvalue weighted by Gasteiger charge is 2.21. The van der Waals surface area contributed by atoms with E-state index in [9.17, 15) is 9.90 Å². The van der Waals surface area contributed by atoms with Crippen molar-refractivity contribution in [2.24, 2.45) is 0 Å². The summed E-state index contributed by atoms with van der Waals surface area (Å²) in [6, 6.07) is 18.7. The van der Waals surface area contributed by atoms with Gasteiger partial charge in [0, 0.05) is 6.04 Å². The summed E-state index contributed by atoms with van der Waals surface area (Å²) in [5.41, 5.74) is 2.07. The van der Waals surface area contributed by atoms with Gasteiger partial charge < -0.3 is 9.84 Å². The van der Waals surface area contributed by atoms with E-state index in [1.54, 1.807) is 0 Å². The first kappa shape index (κ1) is 17.9. The average Bonchev–Trinajstić information content (AvgIpc) is 2.65. The second-order valence-corrected chi connectivity index (χ2v) is 5.49. The number of carbonyl (C=O) groups excluding carboxylic acids is 1. The molecule has 0 spiro atoms. The molecule has 0 aliphatic carbocycles. The van der Waals surface area contributed by atoms with Gasteiger partial charge in [0.05, 0.1) is 13.7 Å². The number of nitrogens with one attached hydrogen (secondary N) is 1. The number of aliphatic hydroxyl groups excluding tert-OH is 1. The van der Waals surface area contributed by atoms with E-state index >= 15 is 0 Å². The van der Waals surface area contributed by atoms with E-state index in [4.69, 9.17) is 4.74 Å². The summed E-state index contributed by atoms with van der Waals surface area (Å²) in [7, 11) is 1.37.